The van der Waals surface area contributed by atoms with E-state index in [2.05, 4.69) is 4.98 Å². The zero-order chi connectivity index (χ0) is 22.2. The van der Waals surface area contributed by atoms with Gasteiger partial charge in [-0.05, 0) is 37.3 Å². The second-order valence-corrected chi connectivity index (χ2v) is 9.66. The Morgan fingerprint density at radius 1 is 0.968 bits per heavy atom. The van der Waals surface area contributed by atoms with Crippen LogP contribution in [0.4, 0.5) is 5.69 Å². The number of aliphatic imine (C=N–C) groups is 1. The van der Waals surface area contributed by atoms with E-state index in [1.807, 2.05) is 61.5 Å². The molecule has 0 aliphatic carbocycles. The molecule has 0 bridgehead atoms. The molecular weight excluding hydrogens is 410 g/mol. The molecule has 0 fully saturated rings. The lowest BCUT2D eigenvalue weighted by Gasteiger charge is -2.12. The Kier molecular flexibility index (Phi) is 5.39. The van der Waals surface area contributed by atoms with Crippen molar-refractivity contribution < 1.29 is 13.5 Å². The van der Waals surface area contributed by atoms with E-state index in [-0.39, 0.29) is 10.8 Å². The van der Waals surface area contributed by atoms with Crippen molar-refractivity contribution in [3.05, 3.63) is 89.5 Å². The van der Waals surface area contributed by atoms with Crippen LogP contribution in [0, 0.1) is 6.92 Å². The maximum Gasteiger partial charge on any atom is 0.242 e. The molecule has 2 N–H and O–H groups in total. The van der Waals surface area contributed by atoms with Crippen molar-refractivity contribution in [2.75, 3.05) is 14.1 Å². The number of sulfonamides is 1. The Hall–Kier alpha value is -3.42. The van der Waals surface area contributed by atoms with Crippen LogP contribution in [0.15, 0.2) is 82.7 Å². The Morgan fingerprint density at radius 2 is 1.65 bits per heavy atom. The number of hydrogen-bond donors (Lipinski definition) is 2. The van der Waals surface area contributed by atoms with Gasteiger partial charge in [0.1, 0.15) is 0 Å². The molecule has 0 unspecified atom stereocenters. The average molecular weight is 434 g/mol. The molecule has 1 heterocycles. The molecule has 0 radical (unpaired) electrons. The minimum atomic E-state index is -3.63. The van der Waals surface area contributed by atoms with Crippen LogP contribution in [0.3, 0.4) is 0 Å². The number of hydrogen-bond acceptors (Lipinski definition) is 4. The van der Waals surface area contributed by atoms with Gasteiger partial charge in [0.2, 0.25) is 10.0 Å². The summed E-state index contributed by atoms with van der Waals surface area (Å²) in [5.74, 6) is -0.0656. The molecule has 0 aliphatic rings. The highest BCUT2D eigenvalue weighted by atomic mass is 32.2. The van der Waals surface area contributed by atoms with Crippen LogP contribution in [0.1, 0.15) is 16.7 Å². The van der Waals surface area contributed by atoms with Crippen molar-refractivity contribution >= 4 is 32.3 Å². The lowest BCUT2D eigenvalue weighted by atomic mass is 10.0. The fraction of sp³-hybridized carbons (Fsp3) is 0.125. The number of benzene rings is 3. The van der Waals surface area contributed by atoms with Gasteiger partial charge >= 0.3 is 0 Å². The van der Waals surface area contributed by atoms with E-state index in [4.69, 9.17) is 4.99 Å². The summed E-state index contributed by atoms with van der Waals surface area (Å²) in [4.78, 5) is 7.92. The van der Waals surface area contributed by atoms with E-state index >= 15 is 0 Å². The third-order valence-corrected chi connectivity index (χ3v) is 6.90. The van der Waals surface area contributed by atoms with E-state index in [0.717, 1.165) is 16.8 Å². The first-order valence-electron chi connectivity index (χ1n) is 9.76. The molecule has 0 saturated heterocycles. The van der Waals surface area contributed by atoms with E-state index in [0.29, 0.717) is 22.2 Å². The van der Waals surface area contributed by atoms with Gasteiger partial charge in [-0.1, -0.05) is 48.0 Å². The second kappa shape index (κ2) is 8.02. The quantitative estimate of drug-likeness (QED) is 0.451. The minimum Gasteiger partial charge on any atom is -0.494 e. The van der Waals surface area contributed by atoms with Crippen LogP contribution in [0.2, 0.25) is 0 Å². The van der Waals surface area contributed by atoms with Gasteiger partial charge < -0.3 is 10.1 Å². The van der Waals surface area contributed by atoms with Gasteiger partial charge in [0.15, 0.2) is 5.88 Å². The highest BCUT2D eigenvalue weighted by Gasteiger charge is 2.23. The standard InChI is InChI=1S/C24H23N3O3S/c1-16-9-11-18(12-10-16)25-23(17-7-5-4-6-8-17)22-20-15-19(31(29,30)27(2)3)13-14-21(20)26-24(22)28/h4-15,26,28H,1-3H3. The van der Waals surface area contributed by atoms with Crippen molar-refractivity contribution in [2.24, 2.45) is 4.99 Å². The normalized spacial score (nSPS) is 12.6. The minimum absolute atomic E-state index is 0.0656. The number of fused-ring (bicyclic) bond motifs is 1. The van der Waals surface area contributed by atoms with Crippen LogP contribution in [0.25, 0.3) is 10.9 Å². The smallest absolute Gasteiger partial charge is 0.242 e. The van der Waals surface area contributed by atoms with Gasteiger partial charge in [-0.2, -0.15) is 0 Å². The molecule has 0 saturated carbocycles. The van der Waals surface area contributed by atoms with Crippen LogP contribution >= 0.6 is 0 Å². The number of aryl methyl sites for hydroxylation is 1. The van der Waals surface area contributed by atoms with Gasteiger partial charge in [-0.25, -0.2) is 17.7 Å². The molecule has 0 amide bonds. The molecule has 31 heavy (non-hydrogen) atoms. The molecule has 0 spiro atoms. The fourth-order valence-electron chi connectivity index (χ4n) is 3.38. The van der Waals surface area contributed by atoms with Gasteiger partial charge in [0.25, 0.3) is 0 Å². The van der Waals surface area contributed by atoms with Gasteiger partial charge in [0.05, 0.1) is 21.9 Å². The third kappa shape index (κ3) is 3.97. The molecule has 6 nitrogen and oxygen atoms in total. The first-order chi connectivity index (χ1) is 14.8. The average Bonchev–Trinajstić information content (AvgIpc) is 3.08. The number of aromatic hydroxyl groups is 1. The van der Waals surface area contributed by atoms with Gasteiger partial charge in [0, 0.05) is 30.6 Å². The summed E-state index contributed by atoms with van der Waals surface area (Å²) in [6.45, 7) is 2.00. The monoisotopic (exact) mass is 433 g/mol. The molecule has 0 atom stereocenters. The maximum atomic E-state index is 12.7. The Morgan fingerprint density at radius 3 is 2.29 bits per heavy atom. The maximum absolute atomic E-state index is 12.7. The zero-order valence-corrected chi connectivity index (χ0v) is 18.3. The second-order valence-electron chi connectivity index (χ2n) is 7.51. The van der Waals surface area contributed by atoms with Gasteiger partial charge in [-0.15, -0.1) is 0 Å². The number of rotatable bonds is 5. The summed E-state index contributed by atoms with van der Waals surface area (Å²) in [5.41, 5.74) is 4.28. The van der Waals surface area contributed by atoms with Crippen LogP contribution in [-0.2, 0) is 10.0 Å². The lowest BCUT2D eigenvalue weighted by Crippen LogP contribution is -2.22. The Balaban J connectivity index is 1.99. The number of nitrogens with one attached hydrogen (secondary N) is 1. The third-order valence-electron chi connectivity index (χ3n) is 5.09. The van der Waals surface area contributed by atoms with Gasteiger partial charge in [-0.3, -0.25) is 0 Å². The van der Waals surface area contributed by atoms with Crippen LogP contribution in [-0.4, -0.2) is 42.6 Å². The summed E-state index contributed by atoms with van der Waals surface area (Å²) in [6.07, 6.45) is 0. The summed E-state index contributed by atoms with van der Waals surface area (Å²) < 4.78 is 26.5. The first-order valence-corrected chi connectivity index (χ1v) is 11.2. The molecule has 158 valence electrons. The Labute approximate surface area is 181 Å². The molecule has 7 heteroatoms. The SMILES string of the molecule is Cc1ccc(N=C(c2ccccc2)c2c(O)[nH]c3ccc(S(=O)(=O)N(C)C)cc23)cc1. The summed E-state index contributed by atoms with van der Waals surface area (Å²) >= 11 is 0. The zero-order valence-electron chi connectivity index (χ0n) is 17.5. The van der Waals surface area contributed by atoms with E-state index < -0.39 is 10.0 Å². The number of H-pyrrole nitrogens is 1. The lowest BCUT2D eigenvalue weighted by molar-refractivity contribution is 0.457. The summed E-state index contributed by atoms with van der Waals surface area (Å²) in [6, 6.07) is 22.0. The highest BCUT2D eigenvalue weighted by molar-refractivity contribution is 7.89. The van der Waals surface area contributed by atoms with Crippen LogP contribution in [0.5, 0.6) is 5.88 Å². The molecule has 4 aromatic rings. The fourth-order valence-corrected chi connectivity index (χ4v) is 4.31. The predicted octanol–water partition coefficient (Wildman–Crippen LogP) is 4.60. The first kappa shape index (κ1) is 20.8. The molecule has 4 rings (SSSR count). The Bertz CT molecular complexity index is 1370. The van der Waals surface area contributed by atoms with Crippen molar-refractivity contribution in [2.45, 2.75) is 11.8 Å². The van der Waals surface area contributed by atoms with E-state index in [1.165, 1.54) is 24.5 Å². The van der Waals surface area contributed by atoms with Crippen molar-refractivity contribution in [3.8, 4) is 5.88 Å². The molecule has 1 aromatic heterocycles. The van der Waals surface area contributed by atoms with Crippen molar-refractivity contribution in [1.29, 1.82) is 0 Å². The predicted molar refractivity (Wildman–Crippen MR) is 124 cm³/mol. The van der Waals surface area contributed by atoms with Crippen molar-refractivity contribution in [3.63, 3.8) is 0 Å². The number of nitrogens with zero attached hydrogens (tertiary/aromatic N) is 2. The molecule has 0 aliphatic heterocycles. The van der Waals surface area contributed by atoms with Crippen molar-refractivity contribution in [1.82, 2.24) is 9.29 Å². The summed E-state index contributed by atoms with van der Waals surface area (Å²) in [5, 5.41) is 11.4. The van der Waals surface area contributed by atoms with E-state index in [9.17, 15) is 13.5 Å². The number of aromatic nitrogens is 1. The number of aromatic amines is 1. The largest absolute Gasteiger partial charge is 0.494 e. The van der Waals surface area contributed by atoms with E-state index in [1.54, 1.807) is 12.1 Å². The summed E-state index contributed by atoms with van der Waals surface area (Å²) in [7, 11) is -0.653. The molecular formula is C24H23N3O3S. The molecule has 3 aromatic carbocycles. The highest BCUT2D eigenvalue weighted by Crippen LogP contribution is 2.33. The topological polar surface area (TPSA) is 85.8 Å². The van der Waals surface area contributed by atoms with Crippen LogP contribution < -0.4 is 0 Å².